The first kappa shape index (κ1) is 19.2. The van der Waals surface area contributed by atoms with Crippen molar-refractivity contribution < 1.29 is 13.2 Å². The molecule has 1 aliphatic heterocycles. The fourth-order valence-corrected chi connectivity index (χ4v) is 5.61. The molecule has 0 amide bonds. The van der Waals surface area contributed by atoms with E-state index in [0.29, 0.717) is 18.3 Å². The highest BCUT2D eigenvalue weighted by molar-refractivity contribution is 8.01. The highest BCUT2D eigenvalue weighted by Gasteiger charge is 2.36. The molecule has 0 radical (unpaired) electrons. The van der Waals surface area contributed by atoms with E-state index >= 15 is 0 Å². The maximum absolute atomic E-state index is 12.3. The third-order valence-corrected chi connectivity index (χ3v) is 7.01. The fourth-order valence-electron chi connectivity index (χ4n) is 2.52. The summed E-state index contributed by atoms with van der Waals surface area (Å²) in [6.07, 6.45) is 0. The molecule has 1 fully saturated rings. The molecule has 21 heavy (non-hydrogen) atoms. The highest BCUT2D eigenvalue weighted by Crippen LogP contribution is 2.23. The van der Waals surface area contributed by atoms with Crippen molar-refractivity contribution in [3.63, 3.8) is 0 Å². The summed E-state index contributed by atoms with van der Waals surface area (Å²) < 4.78 is 30.0. The largest absolute Gasteiger partial charge is 0.383 e. The minimum absolute atomic E-state index is 0.112. The molecule has 0 aromatic carbocycles. The lowest BCUT2D eigenvalue weighted by Crippen LogP contribution is -2.56. The van der Waals surface area contributed by atoms with E-state index in [1.165, 1.54) is 0 Å². The predicted octanol–water partition coefficient (Wildman–Crippen LogP) is 1.06. The van der Waals surface area contributed by atoms with Crippen LogP contribution in [0.4, 0.5) is 0 Å². The lowest BCUT2D eigenvalue weighted by molar-refractivity contribution is 0.0861. The van der Waals surface area contributed by atoms with Gasteiger partial charge in [-0.3, -0.25) is 4.90 Å². The average molecular weight is 339 g/mol. The molecular formula is C14H30N2O3S2. The van der Waals surface area contributed by atoms with Crippen LogP contribution in [0, 0.1) is 5.92 Å². The van der Waals surface area contributed by atoms with Crippen LogP contribution in [-0.2, 0) is 14.6 Å². The molecule has 7 heteroatoms. The summed E-state index contributed by atoms with van der Waals surface area (Å²) in [7, 11) is -1.38. The van der Waals surface area contributed by atoms with Crippen molar-refractivity contribution in [2.45, 2.75) is 32.2 Å². The zero-order valence-electron chi connectivity index (χ0n) is 13.7. The molecule has 1 N–H and O–H groups in total. The van der Waals surface area contributed by atoms with Crippen molar-refractivity contribution in [2.75, 3.05) is 50.6 Å². The summed E-state index contributed by atoms with van der Waals surface area (Å²) in [6, 6.07) is 0.112. The van der Waals surface area contributed by atoms with Crippen molar-refractivity contribution in [1.29, 1.82) is 0 Å². The molecule has 0 aromatic heterocycles. The molecule has 0 aliphatic carbocycles. The molecule has 1 aliphatic rings. The minimum Gasteiger partial charge on any atom is -0.383 e. The predicted molar refractivity (Wildman–Crippen MR) is 90.7 cm³/mol. The maximum Gasteiger partial charge on any atom is 0.166 e. The van der Waals surface area contributed by atoms with Gasteiger partial charge in [0.2, 0.25) is 0 Å². The molecule has 0 bridgehead atoms. The summed E-state index contributed by atoms with van der Waals surface area (Å²) in [4.78, 5) is 2.13. The second-order valence-corrected chi connectivity index (χ2v) is 9.48. The van der Waals surface area contributed by atoms with Gasteiger partial charge >= 0.3 is 0 Å². The Hall–Kier alpha value is 0.180. The summed E-state index contributed by atoms with van der Waals surface area (Å²) in [5.74, 6) is 2.44. The van der Waals surface area contributed by atoms with Gasteiger partial charge in [0.05, 0.1) is 6.61 Å². The third-order valence-electron chi connectivity index (χ3n) is 3.70. The Morgan fingerprint density at radius 2 is 2.10 bits per heavy atom. The Morgan fingerprint density at radius 3 is 2.67 bits per heavy atom. The van der Waals surface area contributed by atoms with Crippen LogP contribution in [-0.4, -0.2) is 75.3 Å². The lowest BCUT2D eigenvalue weighted by atomic mass is 10.2. The number of nitrogens with zero attached hydrogens (tertiary/aromatic N) is 1. The van der Waals surface area contributed by atoms with Crippen LogP contribution in [0.1, 0.15) is 20.8 Å². The van der Waals surface area contributed by atoms with E-state index in [1.54, 1.807) is 25.8 Å². The van der Waals surface area contributed by atoms with Gasteiger partial charge in [0.1, 0.15) is 5.37 Å². The van der Waals surface area contributed by atoms with E-state index in [4.69, 9.17) is 4.74 Å². The smallest absolute Gasteiger partial charge is 0.166 e. The first-order chi connectivity index (χ1) is 9.92. The number of sulfone groups is 1. The Morgan fingerprint density at radius 1 is 1.38 bits per heavy atom. The van der Waals surface area contributed by atoms with E-state index in [-0.39, 0.29) is 17.2 Å². The SMILES string of the molecule is CCS(=O)(=O)C1CSCCN1C(CNCC(C)C)COC. The van der Waals surface area contributed by atoms with Crippen LogP contribution in [0.25, 0.3) is 0 Å². The van der Waals surface area contributed by atoms with Crippen LogP contribution in [0.2, 0.25) is 0 Å². The van der Waals surface area contributed by atoms with Crippen LogP contribution >= 0.6 is 11.8 Å². The number of ether oxygens (including phenoxy) is 1. The number of hydrogen-bond donors (Lipinski definition) is 1. The first-order valence-corrected chi connectivity index (χ1v) is 10.5. The van der Waals surface area contributed by atoms with Crippen molar-refractivity contribution >= 4 is 21.6 Å². The molecule has 0 aromatic rings. The van der Waals surface area contributed by atoms with Crippen molar-refractivity contribution in [3.8, 4) is 0 Å². The second kappa shape index (κ2) is 9.35. The van der Waals surface area contributed by atoms with Crippen LogP contribution in [0.15, 0.2) is 0 Å². The molecule has 1 heterocycles. The zero-order valence-corrected chi connectivity index (χ0v) is 15.3. The van der Waals surface area contributed by atoms with Crippen molar-refractivity contribution in [1.82, 2.24) is 10.2 Å². The number of methoxy groups -OCH3 is 1. The van der Waals surface area contributed by atoms with E-state index < -0.39 is 9.84 Å². The van der Waals surface area contributed by atoms with E-state index in [2.05, 4.69) is 24.1 Å². The van der Waals surface area contributed by atoms with Gasteiger partial charge in [0.25, 0.3) is 0 Å². The van der Waals surface area contributed by atoms with E-state index in [9.17, 15) is 8.42 Å². The van der Waals surface area contributed by atoms with Crippen molar-refractivity contribution in [2.24, 2.45) is 5.92 Å². The molecule has 1 saturated heterocycles. The average Bonchev–Trinajstić information content (AvgIpc) is 2.46. The molecule has 2 unspecified atom stereocenters. The number of rotatable bonds is 9. The number of nitrogens with one attached hydrogen (secondary N) is 1. The van der Waals surface area contributed by atoms with E-state index in [0.717, 1.165) is 25.4 Å². The molecule has 0 spiro atoms. The Labute approximate surface area is 134 Å². The Kier molecular flexibility index (Phi) is 8.56. The third kappa shape index (κ3) is 6.06. The first-order valence-electron chi connectivity index (χ1n) is 7.67. The summed E-state index contributed by atoms with van der Waals surface area (Å²) in [6.45, 7) is 9.15. The van der Waals surface area contributed by atoms with Gasteiger partial charge in [-0.1, -0.05) is 20.8 Å². The van der Waals surface area contributed by atoms with Gasteiger partial charge < -0.3 is 10.1 Å². The standard InChI is InChI=1S/C14H30N2O3S2/c1-5-21(17,18)14-11-20-7-6-16(14)13(10-19-4)9-15-8-12(2)3/h12-15H,5-11H2,1-4H3. The van der Waals surface area contributed by atoms with Crippen LogP contribution < -0.4 is 5.32 Å². The lowest BCUT2D eigenvalue weighted by Gasteiger charge is -2.40. The molecule has 1 rings (SSSR count). The molecule has 5 nitrogen and oxygen atoms in total. The van der Waals surface area contributed by atoms with Gasteiger partial charge in [-0.15, -0.1) is 0 Å². The zero-order chi connectivity index (χ0) is 15.9. The van der Waals surface area contributed by atoms with Gasteiger partial charge in [0.15, 0.2) is 9.84 Å². The molecular weight excluding hydrogens is 308 g/mol. The minimum atomic E-state index is -3.05. The highest BCUT2D eigenvalue weighted by atomic mass is 32.2. The quantitative estimate of drug-likeness (QED) is 0.678. The maximum atomic E-state index is 12.3. The normalized spacial score (nSPS) is 22.6. The van der Waals surface area contributed by atoms with Crippen LogP contribution in [0.3, 0.4) is 0 Å². The second-order valence-electron chi connectivity index (χ2n) is 5.88. The van der Waals surface area contributed by atoms with Gasteiger partial charge in [0, 0.05) is 43.5 Å². The number of hydrogen-bond acceptors (Lipinski definition) is 6. The summed E-state index contributed by atoms with van der Waals surface area (Å²) in [5.41, 5.74) is 0. The molecule has 2 atom stereocenters. The topological polar surface area (TPSA) is 58.6 Å². The van der Waals surface area contributed by atoms with Crippen molar-refractivity contribution in [3.05, 3.63) is 0 Å². The fraction of sp³-hybridized carbons (Fsp3) is 1.00. The van der Waals surface area contributed by atoms with E-state index in [1.807, 2.05) is 0 Å². The summed E-state index contributed by atoms with van der Waals surface area (Å²) >= 11 is 1.73. The molecule has 0 saturated carbocycles. The monoisotopic (exact) mass is 338 g/mol. The molecule has 126 valence electrons. The Balaban J connectivity index is 2.76. The van der Waals surface area contributed by atoms with Gasteiger partial charge in [-0.2, -0.15) is 11.8 Å². The number of thioether (sulfide) groups is 1. The van der Waals surface area contributed by atoms with Crippen LogP contribution in [0.5, 0.6) is 0 Å². The van der Waals surface area contributed by atoms with Gasteiger partial charge in [-0.05, 0) is 12.5 Å². The Bertz CT molecular complexity index is 388. The van der Waals surface area contributed by atoms with Gasteiger partial charge in [-0.25, -0.2) is 8.42 Å². The summed E-state index contributed by atoms with van der Waals surface area (Å²) in [5, 5.41) is 3.06.